The maximum Gasteiger partial charge on any atom is 0.303 e. The molecule has 1 rings (SSSR count). The molecule has 0 aromatic heterocycles. The third-order valence-electron chi connectivity index (χ3n) is 2.99. The van der Waals surface area contributed by atoms with Crippen LogP contribution in [0.3, 0.4) is 0 Å². The first-order valence-corrected chi connectivity index (χ1v) is 8.48. The van der Waals surface area contributed by atoms with Gasteiger partial charge in [0.2, 0.25) is 10.0 Å². The Balaban J connectivity index is 2.81. The molecule has 1 aromatic carbocycles. The zero-order valence-electron chi connectivity index (χ0n) is 12.8. The summed E-state index contributed by atoms with van der Waals surface area (Å²) in [4.78, 5) is 22.6. The normalized spacial score (nSPS) is 12.4. The van der Waals surface area contributed by atoms with Crippen LogP contribution in [0.5, 0.6) is 0 Å². The average molecular weight is 340 g/mol. The summed E-state index contributed by atoms with van der Waals surface area (Å²) >= 11 is 0. The van der Waals surface area contributed by atoms with Gasteiger partial charge in [0.15, 0.2) is 0 Å². The largest absolute Gasteiger partial charge is 0.481 e. The van der Waals surface area contributed by atoms with Gasteiger partial charge in [0.05, 0.1) is 4.90 Å². The predicted octanol–water partition coefficient (Wildman–Crippen LogP) is 1.13. The number of sulfonamides is 1. The molecule has 0 aliphatic heterocycles. The van der Waals surface area contributed by atoms with E-state index in [0.717, 1.165) is 0 Å². The topological polar surface area (TPSA) is 113 Å². The summed E-state index contributed by atoms with van der Waals surface area (Å²) in [5.41, 5.74) is 0.189. The van der Waals surface area contributed by atoms with Crippen LogP contribution < -0.4 is 10.0 Å². The lowest BCUT2D eigenvalue weighted by Gasteiger charge is -2.13. The number of carbonyl (C=O) groups excluding carboxylic acids is 1. The molecule has 0 radical (unpaired) electrons. The maximum absolute atomic E-state index is 12.1. The molecule has 0 aliphatic carbocycles. The van der Waals surface area contributed by atoms with Crippen LogP contribution in [0.4, 0.5) is 0 Å². The molecular weight excluding hydrogens is 320 g/mol. The van der Waals surface area contributed by atoms with Crippen molar-refractivity contribution in [3.63, 3.8) is 0 Å². The van der Waals surface area contributed by atoms with Crippen molar-refractivity contribution in [2.75, 3.05) is 6.54 Å². The number of benzene rings is 1. The molecule has 0 bridgehead atoms. The standard InChI is InChI=1S/C15H20N2O5S/c1-3-9-16-23(21,22)13-6-4-5-12(10-13)15(20)17-11(2)7-8-14(18)19/h3-6,10-11,16H,1,7-9H2,2H3,(H,17,20)(H,18,19). The first-order valence-electron chi connectivity index (χ1n) is 6.99. The molecule has 0 heterocycles. The van der Waals surface area contributed by atoms with Crippen LogP contribution in [0, 0.1) is 0 Å². The van der Waals surface area contributed by atoms with Crippen LogP contribution in [0.25, 0.3) is 0 Å². The molecular formula is C15H20N2O5S. The lowest BCUT2D eigenvalue weighted by Crippen LogP contribution is -2.33. The fraction of sp³-hybridized carbons (Fsp3) is 0.333. The summed E-state index contributed by atoms with van der Waals surface area (Å²) in [6.45, 7) is 5.21. The Morgan fingerprint density at radius 1 is 1.39 bits per heavy atom. The molecule has 1 amide bonds. The Labute approximate surface area is 135 Å². The minimum atomic E-state index is -3.71. The number of nitrogens with one attached hydrogen (secondary N) is 2. The number of hydrogen-bond acceptors (Lipinski definition) is 4. The third kappa shape index (κ3) is 6.21. The molecule has 8 heteroatoms. The molecule has 0 fully saturated rings. The molecule has 1 atom stereocenters. The number of rotatable bonds is 9. The van der Waals surface area contributed by atoms with Gasteiger partial charge in [0.1, 0.15) is 0 Å². The number of carbonyl (C=O) groups is 2. The quantitative estimate of drug-likeness (QED) is 0.583. The lowest BCUT2D eigenvalue weighted by atomic mass is 10.1. The van der Waals surface area contributed by atoms with E-state index in [0.29, 0.717) is 6.42 Å². The highest BCUT2D eigenvalue weighted by atomic mass is 32.2. The monoisotopic (exact) mass is 340 g/mol. The number of carboxylic acid groups (broad SMARTS) is 1. The Kier molecular flexibility index (Phi) is 6.92. The molecule has 7 nitrogen and oxygen atoms in total. The second-order valence-electron chi connectivity index (χ2n) is 4.98. The highest BCUT2D eigenvalue weighted by Crippen LogP contribution is 2.12. The van der Waals surface area contributed by atoms with Gasteiger partial charge in [-0.3, -0.25) is 9.59 Å². The van der Waals surface area contributed by atoms with Crippen LogP contribution in [-0.4, -0.2) is 38.0 Å². The molecule has 126 valence electrons. The molecule has 23 heavy (non-hydrogen) atoms. The van der Waals surface area contributed by atoms with Crippen molar-refractivity contribution in [2.45, 2.75) is 30.7 Å². The van der Waals surface area contributed by atoms with Crippen molar-refractivity contribution in [1.29, 1.82) is 0 Å². The maximum atomic E-state index is 12.1. The van der Waals surface area contributed by atoms with Gasteiger partial charge in [-0.05, 0) is 31.5 Å². The number of aliphatic carboxylic acids is 1. The Hall–Kier alpha value is -2.19. The second-order valence-corrected chi connectivity index (χ2v) is 6.74. The Bertz CT molecular complexity index is 685. The molecule has 0 aliphatic rings. The first kappa shape index (κ1) is 18.9. The zero-order valence-corrected chi connectivity index (χ0v) is 13.6. The molecule has 3 N–H and O–H groups in total. The van der Waals surface area contributed by atoms with Crippen LogP contribution in [0.2, 0.25) is 0 Å². The van der Waals surface area contributed by atoms with E-state index in [4.69, 9.17) is 5.11 Å². The average Bonchev–Trinajstić information content (AvgIpc) is 2.51. The van der Waals surface area contributed by atoms with Gasteiger partial charge in [-0.2, -0.15) is 0 Å². The summed E-state index contributed by atoms with van der Waals surface area (Å²) in [6.07, 6.45) is 1.65. The van der Waals surface area contributed by atoms with Crippen molar-refractivity contribution in [3.8, 4) is 0 Å². The van der Waals surface area contributed by atoms with Crippen molar-refractivity contribution in [3.05, 3.63) is 42.5 Å². The molecule has 0 spiro atoms. The summed E-state index contributed by atoms with van der Waals surface area (Å²) in [7, 11) is -3.71. The fourth-order valence-corrected chi connectivity index (χ4v) is 2.82. The van der Waals surface area contributed by atoms with Gasteiger partial charge in [0, 0.05) is 24.6 Å². The number of carboxylic acids is 1. The van der Waals surface area contributed by atoms with E-state index in [-0.39, 0.29) is 29.5 Å². The van der Waals surface area contributed by atoms with E-state index >= 15 is 0 Å². The van der Waals surface area contributed by atoms with Crippen LogP contribution >= 0.6 is 0 Å². The predicted molar refractivity (Wildman–Crippen MR) is 85.6 cm³/mol. The molecule has 1 unspecified atom stereocenters. The smallest absolute Gasteiger partial charge is 0.303 e. The van der Waals surface area contributed by atoms with E-state index in [1.807, 2.05) is 0 Å². The molecule has 0 saturated carbocycles. The van der Waals surface area contributed by atoms with E-state index in [9.17, 15) is 18.0 Å². The minimum absolute atomic E-state index is 0.0230. The molecule has 0 saturated heterocycles. The van der Waals surface area contributed by atoms with Crippen molar-refractivity contribution in [1.82, 2.24) is 10.0 Å². The second kappa shape index (κ2) is 8.44. The summed E-state index contributed by atoms with van der Waals surface area (Å²) in [5, 5.41) is 11.3. The summed E-state index contributed by atoms with van der Waals surface area (Å²) < 4.78 is 26.3. The fourth-order valence-electron chi connectivity index (χ4n) is 1.78. The van der Waals surface area contributed by atoms with Crippen molar-refractivity contribution in [2.24, 2.45) is 0 Å². The van der Waals surface area contributed by atoms with E-state index in [1.54, 1.807) is 6.92 Å². The van der Waals surface area contributed by atoms with Gasteiger partial charge in [-0.25, -0.2) is 13.1 Å². The lowest BCUT2D eigenvalue weighted by molar-refractivity contribution is -0.137. The summed E-state index contributed by atoms with van der Waals surface area (Å²) in [5.74, 6) is -1.39. The van der Waals surface area contributed by atoms with E-state index in [1.165, 1.54) is 30.3 Å². The van der Waals surface area contributed by atoms with Gasteiger partial charge < -0.3 is 10.4 Å². The van der Waals surface area contributed by atoms with Gasteiger partial charge >= 0.3 is 5.97 Å². The van der Waals surface area contributed by atoms with Gasteiger partial charge in [-0.1, -0.05) is 12.1 Å². The Morgan fingerprint density at radius 2 is 2.09 bits per heavy atom. The SMILES string of the molecule is C=CCNS(=O)(=O)c1cccc(C(=O)NC(C)CCC(=O)O)c1. The number of amides is 1. The van der Waals surface area contributed by atoms with E-state index in [2.05, 4.69) is 16.6 Å². The third-order valence-corrected chi connectivity index (χ3v) is 4.41. The van der Waals surface area contributed by atoms with E-state index < -0.39 is 21.9 Å². The molecule has 1 aromatic rings. The van der Waals surface area contributed by atoms with Crippen molar-refractivity contribution >= 4 is 21.9 Å². The van der Waals surface area contributed by atoms with Crippen LogP contribution in [-0.2, 0) is 14.8 Å². The first-order chi connectivity index (χ1) is 10.8. The summed E-state index contributed by atoms with van der Waals surface area (Å²) in [6, 6.07) is 5.28. The van der Waals surface area contributed by atoms with Crippen LogP contribution in [0.15, 0.2) is 41.8 Å². The number of hydrogen-bond donors (Lipinski definition) is 3. The van der Waals surface area contributed by atoms with Crippen LogP contribution in [0.1, 0.15) is 30.1 Å². The zero-order chi connectivity index (χ0) is 17.5. The highest BCUT2D eigenvalue weighted by molar-refractivity contribution is 7.89. The highest BCUT2D eigenvalue weighted by Gasteiger charge is 2.16. The van der Waals surface area contributed by atoms with Gasteiger partial charge in [0.25, 0.3) is 5.91 Å². The minimum Gasteiger partial charge on any atom is -0.481 e. The van der Waals surface area contributed by atoms with Gasteiger partial charge in [-0.15, -0.1) is 6.58 Å². The van der Waals surface area contributed by atoms with Crippen molar-refractivity contribution < 1.29 is 23.1 Å². The Morgan fingerprint density at radius 3 is 2.70 bits per heavy atom.